The molecule has 0 saturated heterocycles. The molecule has 0 amide bonds. The van der Waals surface area contributed by atoms with E-state index in [0.29, 0.717) is 6.54 Å². The molecule has 1 rings (SSSR count). The lowest BCUT2D eigenvalue weighted by molar-refractivity contribution is 0.0746. The number of rotatable bonds is 6. The first-order valence-corrected chi connectivity index (χ1v) is 5.01. The van der Waals surface area contributed by atoms with Crippen LogP contribution in [-0.4, -0.2) is 41.2 Å². The molecule has 0 atom stereocenters. The van der Waals surface area contributed by atoms with Crippen LogP contribution in [0.15, 0.2) is 24.3 Å². The molecular weight excluding hydrogens is 216 g/mol. The smallest absolute Gasteiger partial charge is 0.251 e. The Morgan fingerprint density at radius 3 is 2.31 bits per heavy atom. The van der Waals surface area contributed by atoms with E-state index in [1.165, 1.54) is 17.0 Å². The minimum absolute atomic E-state index is 0.145. The molecule has 0 radical (unpaired) electrons. The molecule has 0 heterocycles. The third-order valence-electron chi connectivity index (χ3n) is 2.15. The third-order valence-corrected chi connectivity index (χ3v) is 2.15. The zero-order valence-electron chi connectivity index (χ0n) is 8.81. The van der Waals surface area contributed by atoms with Crippen LogP contribution < -0.4 is 0 Å². The summed E-state index contributed by atoms with van der Waals surface area (Å²) in [6.07, 6.45) is -2.41. The van der Waals surface area contributed by atoms with Crippen LogP contribution in [0.25, 0.3) is 0 Å². The van der Waals surface area contributed by atoms with E-state index in [-0.39, 0.29) is 25.4 Å². The van der Waals surface area contributed by atoms with Gasteiger partial charge in [-0.25, -0.2) is 8.78 Å². The Kier molecular flexibility index (Phi) is 5.14. The monoisotopic (exact) mass is 231 g/mol. The summed E-state index contributed by atoms with van der Waals surface area (Å²) in [5.74, 6) is 0.145. The largest absolute Gasteiger partial charge is 0.508 e. The summed E-state index contributed by atoms with van der Waals surface area (Å²) < 4.78 is 24.4. The quantitative estimate of drug-likeness (QED) is 0.778. The Morgan fingerprint density at radius 1 is 1.19 bits per heavy atom. The number of nitrogens with zero attached hydrogens (tertiary/aromatic N) is 1. The number of hydrogen-bond acceptors (Lipinski definition) is 3. The summed E-state index contributed by atoms with van der Waals surface area (Å²) in [7, 11) is 0. The van der Waals surface area contributed by atoms with Gasteiger partial charge in [-0.05, 0) is 17.7 Å². The fourth-order valence-corrected chi connectivity index (χ4v) is 1.43. The second kappa shape index (κ2) is 6.40. The van der Waals surface area contributed by atoms with E-state index < -0.39 is 6.43 Å². The highest BCUT2D eigenvalue weighted by Crippen LogP contribution is 2.12. The molecule has 0 aliphatic heterocycles. The lowest BCUT2D eigenvalue weighted by Gasteiger charge is -2.20. The summed E-state index contributed by atoms with van der Waals surface area (Å²) in [6, 6.07) is 6.36. The van der Waals surface area contributed by atoms with Crippen molar-refractivity contribution < 1.29 is 19.0 Å². The van der Waals surface area contributed by atoms with Crippen LogP contribution in [0.3, 0.4) is 0 Å². The van der Waals surface area contributed by atoms with Gasteiger partial charge in [0.1, 0.15) is 5.75 Å². The number of hydrogen-bond donors (Lipinski definition) is 2. The first-order valence-electron chi connectivity index (χ1n) is 5.01. The summed E-state index contributed by atoms with van der Waals surface area (Å²) in [5, 5.41) is 17.8. The van der Waals surface area contributed by atoms with Crippen molar-refractivity contribution in [3.63, 3.8) is 0 Å². The fraction of sp³-hybridized carbons (Fsp3) is 0.455. The molecule has 2 N–H and O–H groups in total. The zero-order valence-corrected chi connectivity index (χ0v) is 8.81. The van der Waals surface area contributed by atoms with Gasteiger partial charge in [0.05, 0.1) is 13.2 Å². The molecule has 1 aromatic rings. The van der Waals surface area contributed by atoms with Crippen LogP contribution >= 0.6 is 0 Å². The van der Waals surface area contributed by atoms with Crippen LogP contribution in [0.5, 0.6) is 5.75 Å². The van der Waals surface area contributed by atoms with Gasteiger partial charge in [-0.3, -0.25) is 4.90 Å². The van der Waals surface area contributed by atoms with Crippen molar-refractivity contribution in [2.24, 2.45) is 0 Å². The summed E-state index contributed by atoms with van der Waals surface area (Å²) in [4.78, 5) is 1.47. The molecule has 0 spiro atoms. The Morgan fingerprint density at radius 2 is 1.81 bits per heavy atom. The predicted molar refractivity (Wildman–Crippen MR) is 56.5 cm³/mol. The summed E-state index contributed by atoms with van der Waals surface area (Å²) >= 11 is 0. The van der Waals surface area contributed by atoms with Crippen LogP contribution in [0.1, 0.15) is 5.56 Å². The summed E-state index contributed by atoms with van der Waals surface area (Å²) in [5.41, 5.74) is 0.826. The van der Waals surface area contributed by atoms with E-state index in [4.69, 9.17) is 10.2 Å². The third kappa shape index (κ3) is 4.55. The van der Waals surface area contributed by atoms with Gasteiger partial charge in [0.2, 0.25) is 0 Å². The number of aliphatic hydroxyl groups excluding tert-OH is 1. The van der Waals surface area contributed by atoms with Crippen molar-refractivity contribution in [1.82, 2.24) is 4.90 Å². The average molecular weight is 231 g/mol. The molecule has 16 heavy (non-hydrogen) atoms. The van der Waals surface area contributed by atoms with E-state index in [0.717, 1.165) is 5.56 Å². The number of phenolic OH excluding ortho intramolecular Hbond substituents is 1. The topological polar surface area (TPSA) is 43.7 Å². The van der Waals surface area contributed by atoms with Gasteiger partial charge in [-0.1, -0.05) is 12.1 Å². The lowest BCUT2D eigenvalue weighted by atomic mass is 10.2. The molecule has 90 valence electrons. The maximum atomic E-state index is 12.2. The van der Waals surface area contributed by atoms with Gasteiger partial charge in [0.25, 0.3) is 6.43 Å². The van der Waals surface area contributed by atoms with Crippen molar-refractivity contribution in [2.45, 2.75) is 13.0 Å². The second-order valence-corrected chi connectivity index (χ2v) is 3.52. The molecule has 0 aliphatic rings. The number of benzene rings is 1. The number of alkyl halides is 2. The number of halogens is 2. The zero-order chi connectivity index (χ0) is 12.0. The minimum Gasteiger partial charge on any atom is -0.508 e. The van der Waals surface area contributed by atoms with Crippen molar-refractivity contribution in [3.8, 4) is 5.75 Å². The van der Waals surface area contributed by atoms with E-state index in [2.05, 4.69) is 0 Å². The van der Waals surface area contributed by atoms with Gasteiger partial charge in [0, 0.05) is 13.1 Å². The van der Waals surface area contributed by atoms with E-state index in [9.17, 15) is 8.78 Å². The average Bonchev–Trinajstić information content (AvgIpc) is 2.21. The molecule has 0 aliphatic carbocycles. The minimum atomic E-state index is -2.41. The molecule has 1 aromatic carbocycles. The van der Waals surface area contributed by atoms with Crippen LogP contribution in [0.4, 0.5) is 8.78 Å². The van der Waals surface area contributed by atoms with Crippen LogP contribution in [0.2, 0.25) is 0 Å². The van der Waals surface area contributed by atoms with Gasteiger partial charge in [-0.15, -0.1) is 0 Å². The second-order valence-electron chi connectivity index (χ2n) is 3.52. The van der Waals surface area contributed by atoms with E-state index >= 15 is 0 Å². The van der Waals surface area contributed by atoms with Crippen LogP contribution in [-0.2, 0) is 6.54 Å². The fourth-order valence-electron chi connectivity index (χ4n) is 1.43. The SMILES string of the molecule is OCCN(Cc1ccc(O)cc1)CC(F)F. The van der Waals surface area contributed by atoms with E-state index in [1.807, 2.05) is 0 Å². The van der Waals surface area contributed by atoms with Crippen LogP contribution in [0, 0.1) is 0 Å². The van der Waals surface area contributed by atoms with Gasteiger partial charge in [-0.2, -0.15) is 0 Å². The number of phenols is 1. The van der Waals surface area contributed by atoms with Crippen molar-refractivity contribution in [1.29, 1.82) is 0 Å². The van der Waals surface area contributed by atoms with Crippen molar-refractivity contribution in [3.05, 3.63) is 29.8 Å². The van der Waals surface area contributed by atoms with E-state index in [1.54, 1.807) is 12.1 Å². The molecule has 5 heteroatoms. The Bertz CT molecular complexity index is 303. The molecule has 3 nitrogen and oxygen atoms in total. The molecule has 0 fully saturated rings. The molecular formula is C11H15F2NO2. The van der Waals surface area contributed by atoms with Gasteiger partial charge >= 0.3 is 0 Å². The first kappa shape index (κ1) is 12.9. The Labute approximate surface area is 92.9 Å². The molecule has 0 aromatic heterocycles. The first-order chi connectivity index (χ1) is 7.61. The molecule has 0 bridgehead atoms. The predicted octanol–water partition coefficient (Wildman–Crippen LogP) is 1.45. The maximum absolute atomic E-state index is 12.2. The van der Waals surface area contributed by atoms with Crippen molar-refractivity contribution >= 4 is 0 Å². The lowest BCUT2D eigenvalue weighted by Crippen LogP contribution is -2.31. The number of aliphatic hydroxyl groups is 1. The molecule has 0 unspecified atom stereocenters. The normalized spacial score (nSPS) is 11.3. The van der Waals surface area contributed by atoms with Gasteiger partial charge < -0.3 is 10.2 Å². The Hall–Kier alpha value is -1.20. The van der Waals surface area contributed by atoms with Gasteiger partial charge in [0.15, 0.2) is 0 Å². The molecule has 0 saturated carbocycles. The maximum Gasteiger partial charge on any atom is 0.251 e. The number of aromatic hydroxyl groups is 1. The highest BCUT2D eigenvalue weighted by molar-refractivity contribution is 5.25. The Balaban J connectivity index is 2.56. The van der Waals surface area contributed by atoms with Crippen molar-refractivity contribution in [2.75, 3.05) is 19.7 Å². The standard InChI is InChI=1S/C11H15F2NO2/c12-11(13)8-14(5-6-15)7-9-1-3-10(16)4-2-9/h1-4,11,15-16H,5-8H2. The summed E-state index contributed by atoms with van der Waals surface area (Å²) in [6.45, 7) is 0.0443. The highest BCUT2D eigenvalue weighted by atomic mass is 19.3. The highest BCUT2D eigenvalue weighted by Gasteiger charge is 2.11.